The maximum Gasteiger partial charge on any atom is 0.248 e. The standard InChI is InChI=1S/C13H14ClN3O/c1-8-9(2)16-17-12(8)15-13(18)11(14)10-6-4-3-5-7-10/h3-7,11H,1-2H3,(H2,15,16,17,18). The number of hydrogen-bond donors (Lipinski definition) is 2. The van der Waals surface area contributed by atoms with Gasteiger partial charge in [0, 0.05) is 11.3 Å². The highest BCUT2D eigenvalue weighted by atomic mass is 35.5. The molecule has 1 aromatic carbocycles. The minimum absolute atomic E-state index is 0.280. The lowest BCUT2D eigenvalue weighted by Crippen LogP contribution is -2.18. The fourth-order valence-electron chi connectivity index (χ4n) is 1.56. The van der Waals surface area contributed by atoms with Crippen LogP contribution < -0.4 is 5.32 Å². The first kappa shape index (κ1) is 12.6. The molecule has 0 aliphatic heterocycles. The monoisotopic (exact) mass is 263 g/mol. The predicted molar refractivity (Wildman–Crippen MR) is 71.7 cm³/mol. The Morgan fingerprint density at radius 2 is 2.00 bits per heavy atom. The molecule has 5 heteroatoms. The van der Waals surface area contributed by atoms with E-state index in [1.54, 1.807) is 0 Å². The summed E-state index contributed by atoms with van der Waals surface area (Å²) in [5.74, 6) is 0.247. The molecule has 0 saturated carbocycles. The van der Waals surface area contributed by atoms with Gasteiger partial charge in [-0.15, -0.1) is 11.6 Å². The van der Waals surface area contributed by atoms with Crippen molar-refractivity contribution in [2.24, 2.45) is 0 Å². The van der Waals surface area contributed by atoms with Crippen LogP contribution in [-0.4, -0.2) is 16.1 Å². The van der Waals surface area contributed by atoms with Gasteiger partial charge in [0.1, 0.15) is 5.38 Å². The van der Waals surface area contributed by atoms with E-state index in [1.807, 2.05) is 44.2 Å². The molecule has 1 atom stereocenters. The van der Waals surface area contributed by atoms with Crippen LogP contribution in [0.5, 0.6) is 0 Å². The number of carbonyl (C=O) groups is 1. The number of aromatic nitrogens is 2. The summed E-state index contributed by atoms with van der Waals surface area (Å²) in [5.41, 5.74) is 2.61. The summed E-state index contributed by atoms with van der Waals surface area (Å²) in [7, 11) is 0. The Morgan fingerprint density at radius 3 is 2.56 bits per heavy atom. The Hall–Kier alpha value is -1.81. The third kappa shape index (κ3) is 2.54. The van der Waals surface area contributed by atoms with E-state index in [1.165, 1.54) is 0 Å². The highest BCUT2D eigenvalue weighted by Gasteiger charge is 2.19. The van der Waals surface area contributed by atoms with Gasteiger partial charge in [-0.3, -0.25) is 9.89 Å². The lowest BCUT2D eigenvalue weighted by atomic mass is 10.1. The number of rotatable bonds is 3. The molecule has 0 fully saturated rings. The molecule has 0 spiro atoms. The summed E-state index contributed by atoms with van der Waals surface area (Å²) in [6, 6.07) is 9.22. The number of carbonyl (C=O) groups excluding carboxylic acids is 1. The van der Waals surface area contributed by atoms with E-state index < -0.39 is 5.38 Å². The Bertz CT molecular complexity index is 551. The topological polar surface area (TPSA) is 57.8 Å². The summed E-state index contributed by atoms with van der Waals surface area (Å²) in [6.07, 6.45) is 0. The molecule has 0 radical (unpaired) electrons. The van der Waals surface area contributed by atoms with Crippen molar-refractivity contribution in [1.29, 1.82) is 0 Å². The normalized spacial score (nSPS) is 12.2. The summed E-state index contributed by atoms with van der Waals surface area (Å²) in [6.45, 7) is 3.79. The SMILES string of the molecule is Cc1[nH]nc(NC(=O)C(Cl)c2ccccc2)c1C. The molecule has 2 aromatic rings. The second-order valence-electron chi connectivity index (χ2n) is 4.08. The lowest BCUT2D eigenvalue weighted by molar-refractivity contribution is -0.116. The van der Waals surface area contributed by atoms with Crippen LogP contribution in [0.4, 0.5) is 5.82 Å². The van der Waals surface area contributed by atoms with Gasteiger partial charge in [0.05, 0.1) is 0 Å². The number of anilines is 1. The zero-order valence-corrected chi connectivity index (χ0v) is 11.0. The summed E-state index contributed by atoms with van der Waals surface area (Å²) in [4.78, 5) is 12.0. The number of amides is 1. The van der Waals surface area contributed by atoms with Gasteiger partial charge in [0.2, 0.25) is 5.91 Å². The van der Waals surface area contributed by atoms with Crippen molar-refractivity contribution in [3.05, 3.63) is 47.2 Å². The molecular weight excluding hydrogens is 250 g/mol. The van der Waals surface area contributed by atoms with Crippen molar-refractivity contribution < 1.29 is 4.79 Å². The number of aryl methyl sites for hydroxylation is 1. The minimum atomic E-state index is -0.720. The number of alkyl halides is 1. The fraction of sp³-hybridized carbons (Fsp3) is 0.231. The van der Waals surface area contributed by atoms with Crippen LogP contribution in [0.25, 0.3) is 0 Å². The van der Waals surface area contributed by atoms with Crippen molar-refractivity contribution in [1.82, 2.24) is 10.2 Å². The number of hydrogen-bond acceptors (Lipinski definition) is 2. The zero-order valence-electron chi connectivity index (χ0n) is 10.2. The van der Waals surface area contributed by atoms with Crippen molar-refractivity contribution >= 4 is 23.3 Å². The van der Waals surface area contributed by atoms with Crippen LogP contribution in [0.15, 0.2) is 30.3 Å². The third-order valence-electron chi connectivity index (χ3n) is 2.82. The van der Waals surface area contributed by atoms with Gasteiger partial charge in [0.25, 0.3) is 0 Å². The highest BCUT2D eigenvalue weighted by molar-refractivity contribution is 6.32. The second-order valence-corrected chi connectivity index (χ2v) is 4.52. The van der Waals surface area contributed by atoms with E-state index in [9.17, 15) is 4.79 Å². The molecule has 18 heavy (non-hydrogen) atoms. The maximum atomic E-state index is 12.0. The smallest absolute Gasteiger partial charge is 0.248 e. The maximum absolute atomic E-state index is 12.0. The Morgan fingerprint density at radius 1 is 1.33 bits per heavy atom. The summed E-state index contributed by atoms with van der Waals surface area (Å²) < 4.78 is 0. The molecule has 1 amide bonds. The number of aromatic amines is 1. The summed E-state index contributed by atoms with van der Waals surface area (Å²) >= 11 is 6.12. The molecule has 2 N–H and O–H groups in total. The molecule has 1 heterocycles. The first-order valence-electron chi connectivity index (χ1n) is 5.61. The average Bonchev–Trinajstić information content (AvgIpc) is 2.71. The van der Waals surface area contributed by atoms with Gasteiger partial charge in [-0.25, -0.2) is 0 Å². The first-order valence-corrected chi connectivity index (χ1v) is 6.04. The van der Waals surface area contributed by atoms with Gasteiger partial charge >= 0.3 is 0 Å². The van der Waals surface area contributed by atoms with Crippen LogP contribution in [0, 0.1) is 13.8 Å². The summed E-state index contributed by atoms with van der Waals surface area (Å²) in [5, 5.41) is 8.83. The average molecular weight is 264 g/mol. The lowest BCUT2D eigenvalue weighted by Gasteiger charge is -2.09. The van der Waals surface area contributed by atoms with Crippen molar-refractivity contribution in [2.75, 3.05) is 5.32 Å². The minimum Gasteiger partial charge on any atom is -0.307 e. The number of halogens is 1. The molecular formula is C13H14ClN3O. The van der Waals surface area contributed by atoms with Crippen LogP contribution in [0.1, 0.15) is 22.2 Å². The van der Waals surface area contributed by atoms with Crippen LogP contribution in [0.2, 0.25) is 0 Å². The number of H-pyrrole nitrogens is 1. The third-order valence-corrected chi connectivity index (χ3v) is 3.27. The molecule has 1 aromatic heterocycles. The first-order chi connectivity index (χ1) is 8.59. The van der Waals surface area contributed by atoms with Gasteiger partial charge < -0.3 is 5.32 Å². The van der Waals surface area contributed by atoms with E-state index in [-0.39, 0.29) is 5.91 Å². The van der Waals surface area contributed by atoms with E-state index >= 15 is 0 Å². The molecule has 0 aliphatic carbocycles. The van der Waals surface area contributed by atoms with E-state index in [0.29, 0.717) is 5.82 Å². The quantitative estimate of drug-likeness (QED) is 0.837. The number of nitrogens with zero attached hydrogens (tertiary/aromatic N) is 1. The number of benzene rings is 1. The predicted octanol–water partition coefficient (Wildman–Crippen LogP) is 2.95. The number of nitrogens with one attached hydrogen (secondary N) is 2. The Kier molecular flexibility index (Phi) is 3.67. The Labute approximate surface area is 110 Å². The van der Waals surface area contributed by atoms with E-state index in [2.05, 4.69) is 15.5 Å². The van der Waals surface area contributed by atoms with Crippen molar-refractivity contribution in [3.63, 3.8) is 0 Å². The molecule has 2 rings (SSSR count). The van der Waals surface area contributed by atoms with Crippen LogP contribution in [0.3, 0.4) is 0 Å². The van der Waals surface area contributed by atoms with E-state index in [0.717, 1.165) is 16.8 Å². The molecule has 94 valence electrons. The molecule has 0 bridgehead atoms. The van der Waals surface area contributed by atoms with Gasteiger partial charge in [-0.2, -0.15) is 5.10 Å². The van der Waals surface area contributed by atoms with Crippen molar-refractivity contribution in [3.8, 4) is 0 Å². The van der Waals surface area contributed by atoms with Gasteiger partial charge in [0.15, 0.2) is 5.82 Å². The second kappa shape index (κ2) is 5.23. The Balaban J connectivity index is 2.11. The van der Waals surface area contributed by atoms with Gasteiger partial charge in [-0.05, 0) is 19.4 Å². The molecule has 4 nitrogen and oxygen atoms in total. The van der Waals surface area contributed by atoms with Crippen LogP contribution in [-0.2, 0) is 4.79 Å². The highest BCUT2D eigenvalue weighted by Crippen LogP contribution is 2.23. The fourth-order valence-corrected chi connectivity index (χ4v) is 1.76. The van der Waals surface area contributed by atoms with Crippen LogP contribution >= 0.6 is 11.6 Å². The van der Waals surface area contributed by atoms with Gasteiger partial charge in [-0.1, -0.05) is 30.3 Å². The molecule has 0 aliphatic rings. The molecule has 1 unspecified atom stereocenters. The molecule has 0 saturated heterocycles. The van der Waals surface area contributed by atoms with Crippen molar-refractivity contribution in [2.45, 2.75) is 19.2 Å². The largest absolute Gasteiger partial charge is 0.307 e. The zero-order chi connectivity index (χ0) is 13.1. The van der Waals surface area contributed by atoms with E-state index in [4.69, 9.17) is 11.6 Å².